The number of aromatic nitrogens is 2. The van der Waals surface area contributed by atoms with E-state index in [9.17, 15) is 4.79 Å². The first-order chi connectivity index (χ1) is 9.54. The average molecular weight is 285 g/mol. The summed E-state index contributed by atoms with van der Waals surface area (Å²) in [6.45, 7) is 1.93. The van der Waals surface area contributed by atoms with Gasteiger partial charge < -0.3 is 10.8 Å². The minimum Gasteiger partial charge on any atom is -0.478 e. The highest BCUT2D eigenvalue weighted by Gasteiger charge is 2.10. The zero-order chi connectivity index (χ0) is 14.3. The fourth-order valence-corrected chi connectivity index (χ4v) is 2.71. The summed E-state index contributed by atoms with van der Waals surface area (Å²) in [4.78, 5) is 20.4. The summed E-state index contributed by atoms with van der Waals surface area (Å²) in [6.07, 6.45) is 1.72. The zero-order valence-electron chi connectivity index (χ0n) is 10.6. The van der Waals surface area contributed by atoms with Gasteiger partial charge in [0.25, 0.3) is 0 Å². The van der Waals surface area contributed by atoms with Crippen LogP contribution in [0.4, 0.5) is 5.13 Å². The Balaban J connectivity index is 2.18. The Labute approximate surface area is 118 Å². The molecular weight excluding hydrogens is 274 g/mol. The van der Waals surface area contributed by atoms with Gasteiger partial charge in [-0.1, -0.05) is 17.4 Å². The molecule has 20 heavy (non-hydrogen) atoms. The number of nitrogens with two attached hydrogens (primary N) is 1. The Bertz CT molecular complexity index is 826. The Kier molecular flexibility index (Phi) is 2.87. The fourth-order valence-electron chi connectivity index (χ4n) is 2.05. The molecule has 0 aliphatic rings. The molecule has 0 amide bonds. The van der Waals surface area contributed by atoms with Crippen molar-refractivity contribution in [1.82, 2.24) is 9.97 Å². The number of benzene rings is 1. The number of carboxylic acid groups (broad SMARTS) is 1. The van der Waals surface area contributed by atoms with Crippen molar-refractivity contribution in [3.05, 3.63) is 41.6 Å². The lowest BCUT2D eigenvalue weighted by molar-refractivity contribution is 0.0697. The van der Waals surface area contributed by atoms with E-state index in [1.165, 1.54) is 11.3 Å². The molecule has 3 N–H and O–H groups in total. The molecule has 0 unspecified atom stereocenters. The predicted molar refractivity (Wildman–Crippen MR) is 79.0 cm³/mol. The first-order valence-corrected chi connectivity index (χ1v) is 6.72. The molecule has 1 aromatic carbocycles. The van der Waals surface area contributed by atoms with Crippen molar-refractivity contribution < 1.29 is 9.90 Å². The number of thiazole rings is 1. The number of nitrogens with zero attached hydrogens (tertiary/aromatic N) is 2. The van der Waals surface area contributed by atoms with Crippen LogP contribution in [0.2, 0.25) is 0 Å². The number of hydrogen-bond donors (Lipinski definition) is 2. The maximum atomic E-state index is 11.1. The largest absolute Gasteiger partial charge is 0.478 e. The molecule has 100 valence electrons. The van der Waals surface area contributed by atoms with Crippen LogP contribution in [0.1, 0.15) is 15.9 Å². The molecule has 3 rings (SSSR count). The van der Waals surface area contributed by atoms with Gasteiger partial charge in [-0.2, -0.15) is 0 Å². The van der Waals surface area contributed by atoms with Gasteiger partial charge in [0, 0.05) is 11.8 Å². The van der Waals surface area contributed by atoms with E-state index in [4.69, 9.17) is 10.8 Å². The van der Waals surface area contributed by atoms with Crippen LogP contribution in [0.15, 0.2) is 30.5 Å². The van der Waals surface area contributed by atoms with Crippen LogP contribution in [0.5, 0.6) is 0 Å². The maximum absolute atomic E-state index is 11.1. The van der Waals surface area contributed by atoms with E-state index in [1.54, 1.807) is 24.4 Å². The van der Waals surface area contributed by atoms with Crippen LogP contribution < -0.4 is 5.73 Å². The summed E-state index contributed by atoms with van der Waals surface area (Å²) in [7, 11) is 0. The average Bonchev–Trinajstić information content (AvgIpc) is 2.78. The van der Waals surface area contributed by atoms with Crippen molar-refractivity contribution in [2.24, 2.45) is 0 Å². The van der Waals surface area contributed by atoms with Crippen molar-refractivity contribution in [2.45, 2.75) is 6.92 Å². The molecule has 0 saturated heterocycles. The fraction of sp³-hybridized carbons (Fsp3) is 0.0714. The standard InChI is InChI=1S/C14H11N3O2S/c1-7-2-3-8(13(18)19)4-10(7)9-5-11-12(16-6-9)20-14(15)17-11/h2-6H,1H3,(H2,15,17)(H,18,19). The number of pyridine rings is 1. The highest BCUT2D eigenvalue weighted by molar-refractivity contribution is 7.21. The van der Waals surface area contributed by atoms with Crippen LogP contribution in [0.3, 0.4) is 0 Å². The lowest BCUT2D eigenvalue weighted by atomic mass is 9.99. The summed E-state index contributed by atoms with van der Waals surface area (Å²) >= 11 is 1.33. The molecule has 0 bridgehead atoms. The quantitative estimate of drug-likeness (QED) is 0.755. The van der Waals surface area contributed by atoms with Gasteiger partial charge in [-0.15, -0.1) is 0 Å². The van der Waals surface area contributed by atoms with Gasteiger partial charge in [-0.05, 0) is 36.2 Å². The topological polar surface area (TPSA) is 89.1 Å². The molecule has 0 atom stereocenters. The summed E-state index contributed by atoms with van der Waals surface area (Å²) in [5, 5.41) is 9.55. The molecule has 6 heteroatoms. The molecule has 2 heterocycles. The number of hydrogen-bond acceptors (Lipinski definition) is 5. The monoisotopic (exact) mass is 285 g/mol. The summed E-state index contributed by atoms with van der Waals surface area (Å²) < 4.78 is 0. The predicted octanol–water partition coefficient (Wildman–Crippen LogP) is 2.95. The summed E-state index contributed by atoms with van der Waals surface area (Å²) in [5.41, 5.74) is 9.30. The van der Waals surface area contributed by atoms with Gasteiger partial charge >= 0.3 is 5.97 Å². The molecule has 3 aromatic rings. The Morgan fingerprint density at radius 1 is 1.35 bits per heavy atom. The number of aromatic carboxylic acids is 1. The normalized spacial score (nSPS) is 10.8. The van der Waals surface area contributed by atoms with Crippen LogP contribution in [0, 0.1) is 6.92 Å². The number of nitrogen functional groups attached to an aromatic ring is 1. The smallest absolute Gasteiger partial charge is 0.335 e. The van der Waals surface area contributed by atoms with E-state index in [1.807, 2.05) is 13.0 Å². The van der Waals surface area contributed by atoms with Gasteiger partial charge in [0.05, 0.1) is 5.56 Å². The number of fused-ring (bicyclic) bond motifs is 1. The molecule has 0 aliphatic carbocycles. The Morgan fingerprint density at radius 3 is 2.90 bits per heavy atom. The van der Waals surface area contributed by atoms with Crippen LogP contribution >= 0.6 is 11.3 Å². The molecule has 0 aliphatic heterocycles. The minimum absolute atomic E-state index is 0.253. The van der Waals surface area contributed by atoms with E-state index in [2.05, 4.69) is 9.97 Å². The van der Waals surface area contributed by atoms with Gasteiger partial charge in [-0.25, -0.2) is 14.8 Å². The Morgan fingerprint density at radius 2 is 2.15 bits per heavy atom. The molecule has 0 saturated carbocycles. The second-order valence-corrected chi connectivity index (χ2v) is 5.44. The molecular formula is C14H11N3O2S. The maximum Gasteiger partial charge on any atom is 0.335 e. The first kappa shape index (κ1) is 12.6. The second kappa shape index (κ2) is 4.57. The van der Waals surface area contributed by atoms with Gasteiger partial charge in [0.1, 0.15) is 10.3 Å². The lowest BCUT2D eigenvalue weighted by Crippen LogP contribution is -1.97. The van der Waals surface area contributed by atoms with E-state index in [-0.39, 0.29) is 5.56 Å². The highest BCUT2D eigenvalue weighted by Crippen LogP contribution is 2.29. The number of anilines is 1. The third kappa shape index (κ3) is 2.10. The van der Waals surface area contributed by atoms with Crippen molar-refractivity contribution in [1.29, 1.82) is 0 Å². The van der Waals surface area contributed by atoms with Crippen LogP contribution in [-0.2, 0) is 0 Å². The minimum atomic E-state index is -0.946. The highest BCUT2D eigenvalue weighted by atomic mass is 32.1. The third-order valence-corrected chi connectivity index (χ3v) is 3.87. The van der Waals surface area contributed by atoms with E-state index in [0.717, 1.165) is 27.0 Å². The lowest BCUT2D eigenvalue weighted by Gasteiger charge is -2.07. The number of aryl methyl sites for hydroxylation is 1. The van der Waals surface area contributed by atoms with Crippen molar-refractivity contribution >= 4 is 32.8 Å². The third-order valence-electron chi connectivity index (χ3n) is 3.06. The first-order valence-electron chi connectivity index (χ1n) is 5.91. The van der Waals surface area contributed by atoms with E-state index < -0.39 is 5.97 Å². The number of carbonyl (C=O) groups is 1. The zero-order valence-corrected chi connectivity index (χ0v) is 11.4. The summed E-state index contributed by atoms with van der Waals surface area (Å²) in [5.74, 6) is -0.946. The molecule has 0 spiro atoms. The van der Waals surface area contributed by atoms with E-state index in [0.29, 0.717) is 5.13 Å². The molecule has 2 aromatic heterocycles. The molecule has 0 fully saturated rings. The number of rotatable bonds is 2. The van der Waals surface area contributed by atoms with Crippen molar-refractivity contribution in [2.75, 3.05) is 5.73 Å². The Hall–Kier alpha value is -2.47. The number of carboxylic acids is 1. The molecule has 0 radical (unpaired) electrons. The molecule has 5 nitrogen and oxygen atoms in total. The van der Waals surface area contributed by atoms with Crippen molar-refractivity contribution in [3.8, 4) is 11.1 Å². The SMILES string of the molecule is Cc1ccc(C(=O)O)cc1-c1cnc2sc(N)nc2c1. The van der Waals surface area contributed by atoms with Crippen molar-refractivity contribution in [3.63, 3.8) is 0 Å². The van der Waals surface area contributed by atoms with Gasteiger partial charge in [-0.3, -0.25) is 0 Å². The summed E-state index contributed by atoms with van der Waals surface area (Å²) in [6, 6.07) is 6.91. The van der Waals surface area contributed by atoms with Crippen LogP contribution in [-0.4, -0.2) is 21.0 Å². The van der Waals surface area contributed by atoms with Gasteiger partial charge in [0.2, 0.25) is 0 Å². The second-order valence-electron chi connectivity index (χ2n) is 4.44. The van der Waals surface area contributed by atoms with Gasteiger partial charge in [0.15, 0.2) is 5.13 Å². The van der Waals surface area contributed by atoms with E-state index >= 15 is 0 Å². The van der Waals surface area contributed by atoms with Crippen LogP contribution in [0.25, 0.3) is 21.5 Å².